The van der Waals surface area contributed by atoms with Gasteiger partial charge in [-0.05, 0) is 68.0 Å². The van der Waals surface area contributed by atoms with E-state index in [0.29, 0.717) is 46.8 Å². The molecule has 1 aliphatic heterocycles. The first kappa shape index (κ1) is 26.4. The van der Waals surface area contributed by atoms with Crippen molar-refractivity contribution in [2.45, 2.75) is 51.4 Å². The van der Waals surface area contributed by atoms with Crippen LogP contribution in [0.5, 0.6) is 0 Å². The Morgan fingerprint density at radius 3 is 2.70 bits per heavy atom. The molecule has 2 amide bonds. The zero-order chi connectivity index (χ0) is 27.3. The summed E-state index contributed by atoms with van der Waals surface area (Å²) >= 11 is 0. The molecule has 2 fully saturated rings. The van der Waals surface area contributed by atoms with Gasteiger partial charge in [0.15, 0.2) is 0 Å². The molecule has 1 unspecified atom stereocenters. The van der Waals surface area contributed by atoms with Gasteiger partial charge >= 0.3 is 0 Å². The van der Waals surface area contributed by atoms with E-state index in [1.165, 1.54) is 51.6 Å². The van der Waals surface area contributed by atoms with Gasteiger partial charge in [0.1, 0.15) is 5.69 Å². The molecule has 1 aromatic carbocycles. The van der Waals surface area contributed by atoms with Crippen molar-refractivity contribution in [3.05, 3.63) is 65.1 Å². The summed E-state index contributed by atoms with van der Waals surface area (Å²) in [5.41, 5.74) is 0.913. The molecule has 6 rings (SSSR count). The Labute approximate surface area is 234 Å². The third-order valence-corrected chi connectivity index (χ3v) is 8.50. The number of rotatable bonds is 7. The molecular weight excluding hydrogens is 500 g/mol. The number of amides is 2. The largest absolute Gasteiger partial charge is 0.352 e. The Balaban J connectivity index is 1.12. The normalized spacial score (nSPS) is 20.0. The monoisotopic (exact) mass is 538 g/mol. The number of piperidine rings is 1. The van der Waals surface area contributed by atoms with Gasteiger partial charge in [-0.3, -0.25) is 19.9 Å². The van der Waals surface area contributed by atoms with Crippen molar-refractivity contribution >= 4 is 40.2 Å². The number of carbonyl (C=O) groups is 2. The van der Waals surface area contributed by atoms with E-state index in [1.54, 1.807) is 12.3 Å². The van der Waals surface area contributed by atoms with Gasteiger partial charge in [0.2, 0.25) is 11.9 Å². The number of nitrogens with zero attached hydrogens (tertiary/aromatic N) is 3. The summed E-state index contributed by atoms with van der Waals surface area (Å²) in [5, 5.41) is 9.22. The van der Waals surface area contributed by atoms with Crippen LogP contribution in [-0.4, -0.2) is 57.8 Å². The van der Waals surface area contributed by atoms with Crippen LogP contribution in [0.1, 0.15) is 61.9 Å². The maximum atomic E-state index is 13.4. The van der Waals surface area contributed by atoms with Gasteiger partial charge in [0.25, 0.3) is 5.91 Å². The highest BCUT2D eigenvalue weighted by Gasteiger charge is 2.24. The van der Waals surface area contributed by atoms with Crippen molar-refractivity contribution in [1.29, 1.82) is 0 Å². The first-order valence-corrected chi connectivity index (χ1v) is 14.7. The Bertz CT molecular complexity index is 1530. The summed E-state index contributed by atoms with van der Waals surface area (Å²) in [7, 11) is 0. The van der Waals surface area contributed by atoms with Gasteiger partial charge in [0.05, 0.1) is 10.7 Å². The van der Waals surface area contributed by atoms with Crippen molar-refractivity contribution in [1.82, 2.24) is 25.2 Å². The Hall–Kier alpha value is -3.78. The SMILES string of the molecule is O=C(NCC1CCCN(CC2CCCCC2)C1)C1=c2nc(NC(=O)c3cc4ccccc4cn3)[nH]c2=CC=CC1. The molecule has 0 radical (unpaired) electrons. The van der Waals surface area contributed by atoms with E-state index in [4.69, 9.17) is 0 Å². The molecule has 3 heterocycles. The maximum Gasteiger partial charge on any atom is 0.276 e. The second-order valence-electron chi connectivity index (χ2n) is 11.5. The minimum atomic E-state index is -0.355. The number of aromatic amines is 1. The molecule has 40 heavy (non-hydrogen) atoms. The van der Waals surface area contributed by atoms with Crippen LogP contribution in [0.2, 0.25) is 0 Å². The molecule has 3 aromatic rings. The zero-order valence-electron chi connectivity index (χ0n) is 23.0. The quantitative estimate of drug-likeness (QED) is 0.427. The van der Waals surface area contributed by atoms with Crippen LogP contribution in [0.25, 0.3) is 22.4 Å². The van der Waals surface area contributed by atoms with Gasteiger partial charge in [-0.2, -0.15) is 0 Å². The highest BCUT2D eigenvalue weighted by atomic mass is 16.2. The van der Waals surface area contributed by atoms with Crippen LogP contribution in [0.3, 0.4) is 0 Å². The molecular formula is C32H38N6O2. The van der Waals surface area contributed by atoms with E-state index >= 15 is 0 Å². The van der Waals surface area contributed by atoms with Gasteiger partial charge in [-0.1, -0.05) is 55.7 Å². The zero-order valence-corrected chi connectivity index (χ0v) is 23.0. The fraction of sp³-hybridized carbons (Fsp3) is 0.438. The molecule has 8 heteroatoms. The third kappa shape index (κ3) is 6.17. The fourth-order valence-corrected chi connectivity index (χ4v) is 6.39. The number of nitrogens with one attached hydrogen (secondary N) is 3. The van der Waals surface area contributed by atoms with Crippen LogP contribution in [-0.2, 0) is 4.79 Å². The summed E-state index contributed by atoms with van der Waals surface area (Å²) in [4.78, 5) is 41.0. The lowest BCUT2D eigenvalue weighted by Gasteiger charge is -2.36. The van der Waals surface area contributed by atoms with Gasteiger partial charge in [0, 0.05) is 36.8 Å². The highest BCUT2D eigenvalue weighted by molar-refractivity contribution is 6.13. The molecule has 0 bridgehead atoms. The second-order valence-corrected chi connectivity index (χ2v) is 11.5. The number of pyridine rings is 1. The number of hydrogen-bond acceptors (Lipinski definition) is 5. The van der Waals surface area contributed by atoms with Crippen molar-refractivity contribution in [2.75, 3.05) is 31.5 Å². The maximum absolute atomic E-state index is 13.4. The fourth-order valence-electron chi connectivity index (χ4n) is 6.39. The van der Waals surface area contributed by atoms with Crippen LogP contribution in [0.4, 0.5) is 5.95 Å². The molecule has 208 valence electrons. The summed E-state index contributed by atoms with van der Waals surface area (Å²) in [5.74, 6) is 1.17. The van der Waals surface area contributed by atoms with E-state index in [2.05, 4.69) is 30.5 Å². The van der Waals surface area contributed by atoms with Crippen LogP contribution >= 0.6 is 0 Å². The molecule has 8 nitrogen and oxygen atoms in total. The third-order valence-electron chi connectivity index (χ3n) is 8.50. The van der Waals surface area contributed by atoms with Crippen molar-refractivity contribution < 1.29 is 9.59 Å². The minimum Gasteiger partial charge on any atom is -0.352 e. The Kier molecular flexibility index (Phi) is 8.04. The van der Waals surface area contributed by atoms with Crippen molar-refractivity contribution in [3.63, 3.8) is 0 Å². The van der Waals surface area contributed by atoms with Crippen LogP contribution < -0.4 is 21.3 Å². The van der Waals surface area contributed by atoms with Crippen molar-refractivity contribution in [2.24, 2.45) is 11.8 Å². The van der Waals surface area contributed by atoms with E-state index < -0.39 is 0 Å². The number of H-pyrrole nitrogens is 1. The number of fused-ring (bicyclic) bond motifs is 2. The first-order chi connectivity index (χ1) is 19.6. The number of aromatic nitrogens is 3. The van der Waals surface area contributed by atoms with Crippen molar-refractivity contribution in [3.8, 4) is 0 Å². The average Bonchev–Trinajstić information content (AvgIpc) is 3.27. The van der Waals surface area contributed by atoms with E-state index in [1.807, 2.05) is 42.5 Å². The Morgan fingerprint density at radius 2 is 1.82 bits per heavy atom. The van der Waals surface area contributed by atoms with Crippen LogP contribution in [0.15, 0.2) is 48.7 Å². The van der Waals surface area contributed by atoms with Gasteiger partial charge in [-0.25, -0.2) is 4.98 Å². The molecule has 3 N–H and O–H groups in total. The predicted octanol–water partition coefficient (Wildman–Crippen LogP) is 3.51. The Morgan fingerprint density at radius 1 is 1.00 bits per heavy atom. The highest BCUT2D eigenvalue weighted by Crippen LogP contribution is 2.26. The lowest BCUT2D eigenvalue weighted by molar-refractivity contribution is -0.116. The minimum absolute atomic E-state index is 0.0915. The number of allylic oxidation sites excluding steroid dienone is 2. The van der Waals surface area contributed by atoms with E-state index in [9.17, 15) is 9.59 Å². The standard InChI is InChI=1S/C32H38N6O2/c39-30(34-18-23-11-8-16-38(21-23)20-22-9-2-1-3-10-22)26-14-6-7-15-27-29(26)36-32(35-27)37-31(40)28-17-24-12-4-5-13-25(24)19-33-28/h4-7,12-13,15,17,19,22-23H,1-3,8-11,14,16,18,20-21H2,(H,34,39)(H2,35,36,37,40). The van der Waals surface area contributed by atoms with Gasteiger partial charge in [-0.15, -0.1) is 0 Å². The summed E-state index contributed by atoms with van der Waals surface area (Å²) in [6.45, 7) is 4.13. The number of benzene rings is 1. The number of hydrogen-bond donors (Lipinski definition) is 3. The molecule has 1 atom stereocenters. The molecule has 1 saturated carbocycles. The summed E-state index contributed by atoms with van der Waals surface area (Å²) < 4.78 is 0. The van der Waals surface area contributed by atoms with E-state index in [0.717, 1.165) is 29.7 Å². The summed E-state index contributed by atoms with van der Waals surface area (Å²) in [6, 6.07) is 9.55. The topological polar surface area (TPSA) is 103 Å². The number of imidazole rings is 1. The lowest BCUT2D eigenvalue weighted by Crippen LogP contribution is -2.43. The van der Waals surface area contributed by atoms with Crippen LogP contribution in [0, 0.1) is 11.8 Å². The summed E-state index contributed by atoms with van der Waals surface area (Å²) in [6.07, 6.45) is 17.2. The molecule has 2 aliphatic carbocycles. The lowest BCUT2D eigenvalue weighted by atomic mass is 9.88. The average molecular weight is 539 g/mol. The first-order valence-electron chi connectivity index (χ1n) is 14.7. The van der Waals surface area contributed by atoms with Gasteiger partial charge < -0.3 is 15.2 Å². The molecule has 3 aliphatic rings. The smallest absolute Gasteiger partial charge is 0.276 e. The molecule has 0 spiro atoms. The number of anilines is 1. The van der Waals surface area contributed by atoms with E-state index in [-0.39, 0.29) is 11.8 Å². The number of carbonyl (C=O) groups excluding carboxylic acids is 2. The predicted molar refractivity (Wildman–Crippen MR) is 158 cm³/mol. The number of likely N-dealkylation sites (tertiary alicyclic amines) is 1. The molecule has 1 saturated heterocycles. The molecule has 2 aromatic heterocycles. The second kappa shape index (κ2) is 12.2.